The summed E-state index contributed by atoms with van der Waals surface area (Å²) < 4.78 is 2.39. The van der Waals surface area contributed by atoms with Crippen LogP contribution in [0, 0.1) is 0 Å². The minimum Gasteiger partial charge on any atom is -0.311 e. The van der Waals surface area contributed by atoms with Gasteiger partial charge in [-0.2, -0.15) is 0 Å². The van der Waals surface area contributed by atoms with Gasteiger partial charge in [0.2, 0.25) is 0 Å². The Labute approximate surface area is 438 Å². The van der Waals surface area contributed by atoms with Gasteiger partial charge < -0.3 is 9.47 Å². The van der Waals surface area contributed by atoms with Crippen LogP contribution in [0.2, 0.25) is 0 Å². The normalized spacial score (nSPS) is 12.4. The molecule has 1 heterocycles. The molecule has 1 aliphatic carbocycles. The molecule has 1 aromatic heterocycles. The minimum absolute atomic E-state index is 0.582. The van der Waals surface area contributed by atoms with Crippen molar-refractivity contribution in [3.05, 3.63) is 326 Å². The summed E-state index contributed by atoms with van der Waals surface area (Å²) in [5.74, 6) is 0. The number of rotatable bonds is 10. The second-order valence-electron chi connectivity index (χ2n) is 19.6. The van der Waals surface area contributed by atoms with Crippen molar-refractivity contribution in [3.63, 3.8) is 0 Å². The van der Waals surface area contributed by atoms with Crippen LogP contribution in [-0.2, 0) is 5.41 Å². The van der Waals surface area contributed by atoms with Gasteiger partial charge in [0, 0.05) is 33.5 Å². The lowest BCUT2D eigenvalue weighted by atomic mass is 9.67. The van der Waals surface area contributed by atoms with E-state index < -0.39 is 5.41 Å². The molecule has 2 heteroatoms. The number of anilines is 3. The molecule has 2 nitrogen and oxygen atoms in total. The molecule has 13 aromatic rings. The van der Waals surface area contributed by atoms with Crippen LogP contribution in [0.4, 0.5) is 17.1 Å². The lowest BCUT2D eigenvalue weighted by Gasteiger charge is -2.34. The van der Waals surface area contributed by atoms with Crippen LogP contribution in [0.3, 0.4) is 0 Å². The number of benzene rings is 12. The largest absolute Gasteiger partial charge is 0.311 e. The summed E-state index contributed by atoms with van der Waals surface area (Å²) in [5, 5.41) is 2.49. The summed E-state index contributed by atoms with van der Waals surface area (Å²) in [6.07, 6.45) is 0. The van der Waals surface area contributed by atoms with E-state index in [0.717, 1.165) is 22.7 Å². The summed E-state index contributed by atoms with van der Waals surface area (Å²) >= 11 is 0. The molecule has 0 N–H and O–H groups in total. The lowest BCUT2D eigenvalue weighted by Crippen LogP contribution is -2.28. The molecular weight excluding hydrogens is 905 g/mol. The van der Waals surface area contributed by atoms with Crippen molar-refractivity contribution in [1.29, 1.82) is 0 Å². The van der Waals surface area contributed by atoms with Crippen LogP contribution in [0.15, 0.2) is 303 Å². The Morgan fingerprint density at radius 1 is 0.267 bits per heavy atom. The zero-order valence-electron chi connectivity index (χ0n) is 41.3. The maximum atomic E-state index is 2.49. The Morgan fingerprint density at radius 3 is 1.28 bits per heavy atom. The van der Waals surface area contributed by atoms with E-state index in [-0.39, 0.29) is 0 Å². The molecule has 0 atom stereocenters. The minimum atomic E-state index is -0.582. The standard InChI is InChI=1S/C73H50N2/c1-6-19-51(20-7-1)53-33-41-61(42-34-53)74(62-43-35-54(36-44-62)52-21-8-2-9-22-52)63-45-37-55(38-46-63)64-30-18-31-68-72(64)66-47-39-57(50-69(66)73(68,58-23-10-3-11-24-58)59-25-12-4-13-26-59)56-40-48-71-67(49-56)65-29-16-17-32-70(65)75(71)60-27-14-5-15-28-60/h1-50H. The molecule has 0 radical (unpaired) electrons. The fourth-order valence-electron chi connectivity index (χ4n) is 12.1. The van der Waals surface area contributed by atoms with E-state index in [9.17, 15) is 0 Å². The van der Waals surface area contributed by atoms with E-state index in [1.54, 1.807) is 0 Å². The van der Waals surface area contributed by atoms with E-state index in [4.69, 9.17) is 0 Å². The van der Waals surface area contributed by atoms with Crippen LogP contribution >= 0.6 is 0 Å². The second kappa shape index (κ2) is 18.4. The van der Waals surface area contributed by atoms with Gasteiger partial charge in [-0.15, -0.1) is 0 Å². The fraction of sp³-hybridized carbons (Fsp3) is 0.0137. The van der Waals surface area contributed by atoms with E-state index >= 15 is 0 Å². The summed E-state index contributed by atoms with van der Waals surface area (Å²) in [6, 6.07) is 111. The third-order valence-corrected chi connectivity index (χ3v) is 15.5. The van der Waals surface area contributed by atoms with Gasteiger partial charge in [0.25, 0.3) is 0 Å². The first kappa shape index (κ1) is 44.0. The van der Waals surface area contributed by atoms with Crippen molar-refractivity contribution in [1.82, 2.24) is 4.57 Å². The zero-order chi connectivity index (χ0) is 49.7. The molecule has 1 aliphatic rings. The second-order valence-corrected chi connectivity index (χ2v) is 19.6. The Balaban J connectivity index is 0.915. The average molecular weight is 955 g/mol. The Hall–Kier alpha value is -9.76. The van der Waals surface area contributed by atoms with Crippen molar-refractivity contribution in [2.75, 3.05) is 4.90 Å². The fourth-order valence-corrected chi connectivity index (χ4v) is 12.1. The van der Waals surface area contributed by atoms with Gasteiger partial charge in [-0.1, -0.05) is 231 Å². The number of fused-ring (bicyclic) bond motifs is 6. The zero-order valence-corrected chi connectivity index (χ0v) is 41.3. The lowest BCUT2D eigenvalue weighted by molar-refractivity contribution is 0.769. The molecule has 0 saturated heterocycles. The number of para-hydroxylation sites is 2. The van der Waals surface area contributed by atoms with Crippen LogP contribution in [0.25, 0.3) is 83.1 Å². The molecule has 12 aromatic carbocycles. The molecule has 352 valence electrons. The quantitative estimate of drug-likeness (QED) is 0.133. The molecule has 14 rings (SSSR count). The van der Waals surface area contributed by atoms with Gasteiger partial charge in [-0.3, -0.25) is 0 Å². The van der Waals surface area contributed by atoms with Crippen LogP contribution in [-0.4, -0.2) is 4.57 Å². The predicted molar refractivity (Wildman–Crippen MR) is 315 cm³/mol. The van der Waals surface area contributed by atoms with Gasteiger partial charge >= 0.3 is 0 Å². The van der Waals surface area contributed by atoms with E-state index in [1.807, 2.05) is 0 Å². The molecule has 0 aliphatic heterocycles. The number of hydrogen-bond donors (Lipinski definition) is 0. The third kappa shape index (κ3) is 7.41. The molecule has 0 unspecified atom stereocenters. The molecule has 0 saturated carbocycles. The summed E-state index contributed by atoms with van der Waals surface area (Å²) in [4.78, 5) is 2.37. The van der Waals surface area contributed by atoms with E-state index in [0.29, 0.717) is 0 Å². The molecule has 0 amide bonds. The highest BCUT2D eigenvalue weighted by molar-refractivity contribution is 6.10. The highest BCUT2D eigenvalue weighted by atomic mass is 15.1. The first-order valence-corrected chi connectivity index (χ1v) is 25.9. The summed E-state index contributed by atoms with van der Waals surface area (Å²) in [6.45, 7) is 0. The first-order chi connectivity index (χ1) is 37.2. The number of hydrogen-bond acceptors (Lipinski definition) is 1. The van der Waals surface area contributed by atoms with Gasteiger partial charge in [0.15, 0.2) is 0 Å². The maximum absolute atomic E-state index is 2.49. The Bertz CT molecular complexity index is 4040. The van der Waals surface area contributed by atoms with Crippen molar-refractivity contribution < 1.29 is 0 Å². The van der Waals surface area contributed by atoms with Crippen LogP contribution in [0.5, 0.6) is 0 Å². The summed E-state index contributed by atoms with van der Waals surface area (Å²) in [5.41, 5.74) is 23.4. The molecule has 0 fully saturated rings. The number of nitrogens with zero attached hydrogens (tertiary/aromatic N) is 2. The molecule has 0 bridgehead atoms. The molecule has 75 heavy (non-hydrogen) atoms. The highest BCUT2D eigenvalue weighted by Crippen LogP contribution is 2.59. The SMILES string of the molecule is c1ccc(-c2ccc(N(c3ccc(-c4ccccc4)cc3)c3ccc(-c4cccc5c4-c4ccc(-c6ccc7c(c6)c6ccccc6n7-c6ccccc6)cc4C5(c4ccccc4)c4ccccc4)cc3)cc2)cc1. The molecular formula is C73H50N2. The Morgan fingerprint density at radius 2 is 0.707 bits per heavy atom. The van der Waals surface area contributed by atoms with Gasteiger partial charge in [-0.05, 0) is 151 Å². The monoisotopic (exact) mass is 954 g/mol. The van der Waals surface area contributed by atoms with Gasteiger partial charge in [-0.25, -0.2) is 0 Å². The number of aromatic nitrogens is 1. The van der Waals surface area contributed by atoms with E-state index in [1.165, 1.54) is 99.7 Å². The van der Waals surface area contributed by atoms with Crippen molar-refractivity contribution in [3.8, 4) is 61.3 Å². The van der Waals surface area contributed by atoms with Crippen LogP contribution < -0.4 is 4.90 Å². The van der Waals surface area contributed by atoms with E-state index in [2.05, 4.69) is 313 Å². The smallest absolute Gasteiger partial charge is 0.0714 e. The molecule has 0 spiro atoms. The van der Waals surface area contributed by atoms with Gasteiger partial charge in [0.05, 0.1) is 16.4 Å². The average Bonchev–Trinajstić information content (AvgIpc) is 4.00. The topological polar surface area (TPSA) is 8.17 Å². The summed E-state index contributed by atoms with van der Waals surface area (Å²) in [7, 11) is 0. The van der Waals surface area contributed by atoms with Crippen molar-refractivity contribution in [2.24, 2.45) is 0 Å². The predicted octanol–water partition coefficient (Wildman–Crippen LogP) is 19.3. The van der Waals surface area contributed by atoms with Crippen LogP contribution in [0.1, 0.15) is 22.3 Å². The highest BCUT2D eigenvalue weighted by Gasteiger charge is 2.47. The van der Waals surface area contributed by atoms with Gasteiger partial charge in [0.1, 0.15) is 0 Å². The van der Waals surface area contributed by atoms with Crippen molar-refractivity contribution in [2.45, 2.75) is 5.41 Å². The first-order valence-electron chi connectivity index (χ1n) is 25.9. The third-order valence-electron chi connectivity index (χ3n) is 15.5. The Kier molecular flexibility index (Phi) is 10.8. The maximum Gasteiger partial charge on any atom is 0.0714 e. The van der Waals surface area contributed by atoms with Crippen molar-refractivity contribution >= 4 is 38.9 Å².